The first-order chi connectivity index (χ1) is 8.33. The first-order valence-electron chi connectivity index (χ1n) is 5.67. The molecule has 0 bridgehead atoms. The molecule has 1 aliphatic heterocycles. The smallest absolute Gasteiger partial charge is 0.318 e. The van der Waals surface area contributed by atoms with Gasteiger partial charge in [0.25, 0.3) is 0 Å². The van der Waals surface area contributed by atoms with Crippen LogP contribution in [0, 0.1) is 0 Å². The van der Waals surface area contributed by atoms with Gasteiger partial charge in [-0.1, -0.05) is 21.0 Å². The molecule has 2 aromatic rings. The number of aromatic nitrogens is 2. The molecule has 1 fully saturated rings. The third-order valence-electron chi connectivity index (χ3n) is 2.88. The number of anilines is 1. The van der Waals surface area contributed by atoms with Crippen LogP contribution < -0.4 is 4.90 Å². The van der Waals surface area contributed by atoms with Gasteiger partial charge in [0.15, 0.2) is 0 Å². The molecule has 0 N–H and O–H groups in total. The van der Waals surface area contributed by atoms with Crippen LogP contribution >= 0.6 is 15.9 Å². The SMILES string of the molecule is Brc1ccc(-c2nnc(N3CCCC3)o2)cc1. The summed E-state index contributed by atoms with van der Waals surface area (Å²) in [4.78, 5) is 2.13. The predicted molar refractivity (Wildman–Crippen MR) is 68.9 cm³/mol. The lowest BCUT2D eigenvalue weighted by atomic mass is 10.2. The van der Waals surface area contributed by atoms with E-state index in [0.717, 1.165) is 23.1 Å². The predicted octanol–water partition coefficient (Wildman–Crippen LogP) is 3.10. The first-order valence-corrected chi connectivity index (χ1v) is 6.46. The highest BCUT2D eigenvalue weighted by atomic mass is 79.9. The zero-order valence-electron chi connectivity index (χ0n) is 9.27. The Morgan fingerprint density at radius 3 is 2.47 bits per heavy atom. The topological polar surface area (TPSA) is 42.2 Å². The van der Waals surface area contributed by atoms with E-state index in [2.05, 4.69) is 31.0 Å². The molecular weight excluding hydrogens is 282 g/mol. The summed E-state index contributed by atoms with van der Waals surface area (Å²) in [6.45, 7) is 2.03. The van der Waals surface area contributed by atoms with Gasteiger partial charge in [-0.15, -0.1) is 5.10 Å². The van der Waals surface area contributed by atoms with Gasteiger partial charge in [0.05, 0.1) is 0 Å². The summed E-state index contributed by atoms with van der Waals surface area (Å²) in [5, 5.41) is 8.18. The van der Waals surface area contributed by atoms with Crippen molar-refractivity contribution in [2.24, 2.45) is 0 Å². The van der Waals surface area contributed by atoms with Crippen LogP contribution in [0.1, 0.15) is 12.8 Å². The molecule has 0 amide bonds. The Morgan fingerprint density at radius 1 is 1.06 bits per heavy atom. The number of rotatable bonds is 2. The molecule has 0 saturated carbocycles. The van der Waals surface area contributed by atoms with Crippen LogP contribution in [-0.4, -0.2) is 23.3 Å². The lowest BCUT2D eigenvalue weighted by Gasteiger charge is -2.09. The van der Waals surface area contributed by atoms with Crippen LogP contribution in [0.2, 0.25) is 0 Å². The number of hydrogen-bond donors (Lipinski definition) is 0. The van der Waals surface area contributed by atoms with E-state index in [-0.39, 0.29) is 0 Å². The molecule has 88 valence electrons. The molecule has 1 aromatic carbocycles. The maximum absolute atomic E-state index is 5.68. The van der Waals surface area contributed by atoms with E-state index in [1.165, 1.54) is 12.8 Å². The lowest BCUT2D eigenvalue weighted by Crippen LogP contribution is -2.17. The second kappa shape index (κ2) is 4.49. The van der Waals surface area contributed by atoms with E-state index < -0.39 is 0 Å². The summed E-state index contributed by atoms with van der Waals surface area (Å²) in [6, 6.07) is 8.50. The van der Waals surface area contributed by atoms with E-state index in [1.807, 2.05) is 24.3 Å². The molecule has 1 aliphatic rings. The maximum Gasteiger partial charge on any atom is 0.318 e. The van der Waals surface area contributed by atoms with Crippen molar-refractivity contribution >= 4 is 21.9 Å². The largest absolute Gasteiger partial charge is 0.403 e. The van der Waals surface area contributed by atoms with E-state index in [4.69, 9.17) is 4.42 Å². The van der Waals surface area contributed by atoms with E-state index in [9.17, 15) is 0 Å². The highest BCUT2D eigenvalue weighted by Gasteiger charge is 2.18. The Labute approximate surface area is 108 Å². The molecule has 0 unspecified atom stereocenters. The fourth-order valence-electron chi connectivity index (χ4n) is 1.96. The fourth-order valence-corrected chi connectivity index (χ4v) is 2.23. The van der Waals surface area contributed by atoms with Crippen LogP contribution in [-0.2, 0) is 0 Å². The molecule has 1 aromatic heterocycles. The Kier molecular flexibility index (Phi) is 2.84. The summed E-state index contributed by atoms with van der Waals surface area (Å²) < 4.78 is 6.72. The minimum Gasteiger partial charge on any atom is -0.403 e. The number of nitrogens with zero attached hydrogens (tertiary/aromatic N) is 3. The second-order valence-electron chi connectivity index (χ2n) is 4.09. The van der Waals surface area contributed by atoms with Gasteiger partial charge in [-0.3, -0.25) is 0 Å². The van der Waals surface area contributed by atoms with Gasteiger partial charge < -0.3 is 9.32 Å². The summed E-state index contributed by atoms with van der Waals surface area (Å²) in [6.07, 6.45) is 2.41. The maximum atomic E-state index is 5.68. The summed E-state index contributed by atoms with van der Waals surface area (Å²) >= 11 is 3.40. The van der Waals surface area contributed by atoms with Gasteiger partial charge in [-0.05, 0) is 37.1 Å². The third kappa shape index (κ3) is 2.20. The molecule has 0 atom stereocenters. The molecule has 4 nitrogen and oxygen atoms in total. The van der Waals surface area contributed by atoms with Gasteiger partial charge in [0, 0.05) is 23.1 Å². The Hall–Kier alpha value is -1.36. The van der Waals surface area contributed by atoms with E-state index in [1.54, 1.807) is 0 Å². The molecule has 0 radical (unpaired) electrons. The molecule has 2 heterocycles. The fraction of sp³-hybridized carbons (Fsp3) is 0.333. The minimum absolute atomic E-state index is 0.583. The van der Waals surface area contributed by atoms with Crippen molar-refractivity contribution in [1.29, 1.82) is 0 Å². The molecule has 1 saturated heterocycles. The molecule has 3 rings (SSSR count). The average Bonchev–Trinajstić information content (AvgIpc) is 3.00. The summed E-state index contributed by atoms with van der Waals surface area (Å²) in [5.41, 5.74) is 0.950. The number of benzene rings is 1. The van der Waals surface area contributed by atoms with Crippen LogP contribution in [0.15, 0.2) is 33.2 Å². The van der Waals surface area contributed by atoms with Crippen LogP contribution in [0.25, 0.3) is 11.5 Å². The normalized spacial score (nSPS) is 15.5. The zero-order valence-corrected chi connectivity index (χ0v) is 10.9. The minimum atomic E-state index is 0.583. The van der Waals surface area contributed by atoms with Crippen molar-refractivity contribution in [1.82, 2.24) is 10.2 Å². The van der Waals surface area contributed by atoms with E-state index in [0.29, 0.717) is 11.9 Å². The molecule has 0 spiro atoms. The van der Waals surface area contributed by atoms with Gasteiger partial charge >= 0.3 is 6.01 Å². The van der Waals surface area contributed by atoms with Crippen molar-refractivity contribution < 1.29 is 4.42 Å². The number of halogens is 1. The van der Waals surface area contributed by atoms with Gasteiger partial charge in [0.1, 0.15) is 0 Å². The van der Waals surface area contributed by atoms with Crippen molar-refractivity contribution in [3.63, 3.8) is 0 Å². The van der Waals surface area contributed by atoms with Crippen molar-refractivity contribution in [2.75, 3.05) is 18.0 Å². The lowest BCUT2D eigenvalue weighted by molar-refractivity contribution is 0.557. The zero-order chi connectivity index (χ0) is 11.7. The molecule has 5 heteroatoms. The van der Waals surface area contributed by atoms with Crippen molar-refractivity contribution in [3.8, 4) is 11.5 Å². The molecule has 0 aliphatic carbocycles. The monoisotopic (exact) mass is 293 g/mol. The third-order valence-corrected chi connectivity index (χ3v) is 3.41. The molecular formula is C12H12BrN3O. The van der Waals surface area contributed by atoms with E-state index >= 15 is 0 Å². The van der Waals surface area contributed by atoms with Crippen LogP contribution in [0.5, 0.6) is 0 Å². The molecule has 17 heavy (non-hydrogen) atoms. The van der Waals surface area contributed by atoms with Crippen LogP contribution in [0.3, 0.4) is 0 Å². The average molecular weight is 294 g/mol. The number of hydrogen-bond acceptors (Lipinski definition) is 4. The standard InChI is InChI=1S/C12H12BrN3O/c13-10-5-3-9(4-6-10)11-14-15-12(17-11)16-7-1-2-8-16/h3-6H,1-2,7-8H2. The van der Waals surface area contributed by atoms with Gasteiger partial charge in [-0.2, -0.15) is 0 Å². The summed E-state index contributed by atoms with van der Waals surface area (Å²) in [7, 11) is 0. The summed E-state index contributed by atoms with van der Waals surface area (Å²) in [5.74, 6) is 0.583. The Balaban J connectivity index is 1.86. The van der Waals surface area contributed by atoms with Gasteiger partial charge in [0.2, 0.25) is 5.89 Å². The highest BCUT2D eigenvalue weighted by molar-refractivity contribution is 9.10. The quantitative estimate of drug-likeness (QED) is 0.853. The Bertz CT molecular complexity index is 503. The van der Waals surface area contributed by atoms with Crippen LogP contribution in [0.4, 0.5) is 6.01 Å². The van der Waals surface area contributed by atoms with Gasteiger partial charge in [-0.25, -0.2) is 0 Å². The Morgan fingerprint density at radius 2 is 1.76 bits per heavy atom. The van der Waals surface area contributed by atoms with Crippen molar-refractivity contribution in [3.05, 3.63) is 28.7 Å². The second-order valence-corrected chi connectivity index (χ2v) is 5.01. The first kappa shape index (κ1) is 10.8. The van der Waals surface area contributed by atoms with Crippen molar-refractivity contribution in [2.45, 2.75) is 12.8 Å². The highest BCUT2D eigenvalue weighted by Crippen LogP contribution is 2.25.